The van der Waals surface area contributed by atoms with Gasteiger partial charge in [-0.1, -0.05) is 35.0 Å². The number of nitro benzene ring substituents is 1. The maximum atomic E-state index is 10.6. The molecular weight excluding hydrogens is 318 g/mol. The number of nitro groups is 1. The normalized spacial score (nSPS) is 11.0. The van der Waals surface area contributed by atoms with Crippen molar-refractivity contribution in [2.24, 2.45) is 0 Å². The third kappa shape index (κ3) is 3.44. The summed E-state index contributed by atoms with van der Waals surface area (Å²) in [4.78, 5) is 14.4. The third-order valence-corrected chi connectivity index (χ3v) is 3.43. The lowest BCUT2D eigenvalue weighted by molar-refractivity contribution is -0.384. The first-order valence-corrected chi connectivity index (χ1v) is 7.02. The Bertz CT molecular complexity index is 872. The van der Waals surface area contributed by atoms with E-state index in [-0.39, 0.29) is 5.69 Å². The third-order valence-electron chi connectivity index (χ3n) is 3.09. The molecule has 0 aliphatic heterocycles. The Morgan fingerprint density at radius 2 is 1.83 bits per heavy atom. The van der Waals surface area contributed by atoms with Gasteiger partial charge in [0, 0.05) is 28.8 Å². The molecule has 0 bridgehead atoms. The van der Waals surface area contributed by atoms with Gasteiger partial charge in [-0.25, -0.2) is 0 Å². The van der Waals surface area contributed by atoms with Gasteiger partial charge in [-0.3, -0.25) is 10.1 Å². The zero-order chi connectivity index (χ0) is 16.2. The quantitative estimate of drug-likeness (QED) is 0.521. The highest BCUT2D eigenvalue weighted by molar-refractivity contribution is 6.32. The maximum Gasteiger partial charge on any atom is 0.269 e. The summed E-state index contributed by atoms with van der Waals surface area (Å²) >= 11 is 6.06. The van der Waals surface area contributed by atoms with E-state index in [9.17, 15) is 10.1 Å². The summed E-state index contributed by atoms with van der Waals surface area (Å²) in [5.41, 5.74) is 1.48. The molecule has 0 aliphatic rings. The molecular formula is C16H10ClN3O3. The van der Waals surface area contributed by atoms with Gasteiger partial charge in [0.1, 0.15) is 0 Å². The highest BCUT2D eigenvalue weighted by Crippen LogP contribution is 2.21. The van der Waals surface area contributed by atoms with Crippen LogP contribution in [0.2, 0.25) is 5.02 Å². The largest absolute Gasteiger partial charge is 0.334 e. The molecule has 0 unspecified atom stereocenters. The standard InChI is InChI=1S/C16H10ClN3O3/c17-14-4-2-1-3-11(14)7-10-15-18-16(19-23-15)12-5-8-13(9-6-12)20(21)22/h1-10H/b10-7+. The molecule has 7 heteroatoms. The Morgan fingerprint density at radius 1 is 1.09 bits per heavy atom. The van der Waals surface area contributed by atoms with Crippen molar-refractivity contribution in [3.05, 3.63) is 75.1 Å². The van der Waals surface area contributed by atoms with Crippen LogP contribution < -0.4 is 0 Å². The molecule has 0 amide bonds. The van der Waals surface area contributed by atoms with Gasteiger partial charge >= 0.3 is 0 Å². The van der Waals surface area contributed by atoms with Crippen molar-refractivity contribution in [1.82, 2.24) is 10.1 Å². The van der Waals surface area contributed by atoms with Gasteiger partial charge in [0.2, 0.25) is 5.82 Å². The van der Waals surface area contributed by atoms with Gasteiger partial charge in [-0.2, -0.15) is 4.98 Å². The first-order valence-electron chi connectivity index (χ1n) is 6.64. The van der Waals surface area contributed by atoms with Crippen LogP contribution in [0, 0.1) is 10.1 Å². The molecule has 3 rings (SSSR count). The van der Waals surface area contributed by atoms with Crippen LogP contribution in [-0.4, -0.2) is 15.1 Å². The van der Waals surface area contributed by atoms with E-state index in [2.05, 4.69) is 10.1 Å². The smallest absolute Gasteiger partial charge is 0.269 e. The van der Waals surface area contributed by atoms with Crippen molar-refractivity contribution in [2.75, 3.05) is 0 Å². The molecule has 3 aromatic rings. The SMILES string of the molecule is O=[N+]([O-])c1ccc(-c2noc(/C=C/c3ccccc3Cl)n2)cc1. The fourth-order valence-electron chi connectivity index (χ4n) is 1.92. The van der Waals surface area contributed by atoms with Crippen molar-refractivity contribution < 1.29 is 9.45 Å². The zero-order valence-corrected chi connectivity index (χ0v) is 12.5. The fourth-order valence-corrected chi connectivity index (χ4v) is 2.12. The summed E-state index contributed by atoms with van der Waals surface area (Å²) in [7, 11) is 0. The minimum atomic E-state index is -0.461. The van der Waals surface area contributed by atoms with E-state index in [4.69, 9.17) is 16.1 Å². The number of hydrogen-bond donors (Lipinski definition) is 0. The van der Waals surface area contributed by atoms with Crippen LogP contribution >= 0.6 is 11.6 Å². The van der Waals surface area contributed by atoms with E-state index < -0.39 is 4.92 Å². The average molecular weight is 328 g/mol. The van der Waals surface area contributed by atoms with Crippen molar-refractivity contribution in [2.45, 2.75) is 0 Å². The predicted octanol–water partition coefficient (Wildman–Crippen LogP) is 4.47. The first kappa shape index (κ1) is 14.9. The molecule has 114 valence electrons. The molecule has 23 heavy (non-hydrogen) atoms. The number of rotatable bonds is 4. The molecule has 0 radical (unpaired) electrons. The molecule has 1 aromatic heterocycles. The second-order valence-corrected chi connectivity index (χ2v) is 5.02. The summed E-state index contributed by atoms with van der Waals surface area (Å²) in [6.45, 7) is 0. The van der Waals surface area contributed by atoms with Crippen molar-refractivity contribution >= 4 is 29.4 Å². The Morgan fingerprint density at radius 3 is 2.52 bits per heavy atom. The predicted molar refractivity (Wildman–Crippen MR) is 86.8 cm³/mol. The number of halogens is 1. The lowest BCUT2D eigenvalue weighted by atomic mass is 10.2. The van der Waals surface area contributed by atoms with Gasteiger partial charge in [-0.05, 0) is 29.8 Å². The van der Waals surface area contributed by atoms with Gasteiger partial charge in [0.25, 0.3) is 11.6 Å². The second-order valence-electron chi connectivity index (χ2n) is 4.62. The van der Waals surface area contributed by atoms with E-state index in [0.717, 1.165) is 5.56 Å². The van der Waals surface area contributed by atoms with Gasteiger partial charge in [0.05, 0.1) is 4.92 Å². The Kier molecular flexibility index (Phi) is 4.16. The number of hydrogen-bond acceptors (Lipinski definition) is 5. The molecule has 0 saturated carbocycles. The summed E-state index contributed by atoms with van der Waals surface area (Å²) < 4.78 is 5.13. The Balaban J connectivity index is 1.80. The highest BCUT2D eigenvalue weighted by Gasteiger charge is 2.09. The van der Waals surface area contributed by atoms with Crippen LogP contribution in [0.1, 0.15) is 11.5 Å². The van der Waals surface area contributed by atoms with Gasteiger partial charge in [0.15, 0.2) is 0 Å². The number of aromatic nitrogens is 2. The number of nitrogens with zero attached hydrogens (tertiary/aromatic N) is 3. The average Bonchev–Trinajstić information content (AvgIpc) is 3.03. The fraction of sp³-hybridized carbons (Fsp3) is 0. The molecule has 0 aliphatic carbocycles. The topological polar surface area (TPSA) is 82.1 Å². The van der Waals surface area contributed by atoms with E-state index >= 15 is 0 Å². The van der Waals surface area contributed by atoms with Crippen LogP contribution in [0.5, 0.6) is 0 Å². The molecule has 0 spiro atoms. The zero-order valence-electron chi connectivity index (χ0n) is 11.7. The van der Waals surface area contributed by atoms with Crippen LogP contribution in [0.15, 0.2) is 53.1 Å². The molecule has 0 saturated heterocycles. The number of non-ortho nitro benzene ring substituents is 1. The molecule has 1 heterocycles. The van der Waals surface area contributed by atoms with E-state index in [1.807, 2.05) is 18.2 Å². The molecule has 0 fully saturated rings. The van der Waals surface area contributed by atoms with E-state index in [1.54, 1.807) is 30.4 Å². The van der Waals surface area contributed by atoms with Crippen molar-refractivity contribution in [1.29, 1.82) is 0 Å². The van der Waals surface area contributed by atoms with E-state index in [0.29, 0.717) is 22.3 Å². The second kappa shape index (κ2) is 6.41. The van der Waals surface area contributed by atoms with Crippen LogP contribution in [0.4, 0.5) is 5.69 Å². The summed E-state index contributed by atoms with van der Waals surface area (Å²) in [5, 5.41) is 15.1. The minimum absolute atomic E-state index is 0.0103. The lowest BCUT2D eigenvalue weighted by Crippen LogP contribution is -1.87. The Labute approximate surface area is 136 Å². The number of benzene rings is 2. The molecule has 0 N–H and O–H groups in total. The monoisotopic (exact) mass is 327 g/mol. The summed E-state index contributed by atoms with van der Waals surface area (Å²) in [6, 6.07) is 13.3. The highest BCUT2D eigenvalue weighted by atomic mass is 35.5. The van der Waals surface area contributed by atoms with Crippen LogP contribution in [-0.2, 0) is 0 Å². The minimum Gasteiger partial charge on any atom is -0.334 e. The van der Waals surface area contributed by atoms with Crippen molar-refractivity contribution in [3.63, 3.8) is 0 Å². The molecule has 6 nitrogen and oxygen atoms in total. The molecule has 2 aromatic carbocycles. The maximum absolute atomic E-state index is 10.6. The van der Waals surface area contributed by atoms with Crippen LogP contribution in [0.25, 0.3) is 23.5 Å². The van der Waals surface area contributed by atoms with Crippen molar-refractivity contribution in [3.8, 4) is 11.4 Å². The summed E-state index contributed by atoms with van der Waals surface area (Å²) in [6.07, 6.45) is 3.43. The Hall–Kier alpha value is -2.99. The van der Waals surface area contributed by atoms with Gasteiger partial charge < -0.3 is 4.52 Å². The summed E-state index contributed by atoms with van der Waals surface area (Å²) in [5.74, 6) is 0.678. The first-order chi connectivity index (χ1) is 11.1. The molecule has 0 atom stereocenters. The van der Waals surface area contributed by atoms with Gasteiger partial charge in [-0.15, -0.1) is 0 Å². The van der Waals surface area contributed by atoms with Crippen LogP contribution in [0.3, 0.4) is 0 Å². The lowest BCUT2D eigenvalue weighted by Gasteiger charge is -1.94. The van der Waals surface area contributed by atoms with E-state index in [1.165, 1.54) is 12.1 Å².